The maximum absolute atomic E-state index is 5.41. The van der Waals surface area contributed by atoms with Gasteiger partial charge in [-0.05, 0) is 24.3 Å². The molecule has 1 aliphatic rings. The van der Waals surface area contributed by atoms with Crippen LogP contribution in [0.1, 0.15) is 24.0 Å². The molecule has 30 heavy (non-hydrogen) atoms. The molecule has 2 N–H and O–H groups in total. The minimum Gasteiger partial charge on any atom is -0.379 e. The van der Waals surface area contributed by atoms with Crippen LogP contribution < -0.4 is 10.6 Å². The number of hydrogen-bond acceptors (Lipinski definition) is 6. The number of aromatic nitrogens is 3. The van der Waals surface area contributed by atoms with Gasteiger partial charge in [0, 0.05) is 57.1 Å². The summed E-state index contributed by atoms with van der Waals surface area (Å²) in [5, 5.41) is 17.2. The average molecular weight is 548 g/mol. The predicted octanol–water partition coefficient (Wildman–Crippen LogP) is 2.02. The summed E-state index contributed by atoms with van der Waals surface area (Å²) in [5.74, 6) is 1.90. The highest BCUT2D eigenvalue weighted by Crippen LogP contribution is 2.08. The highest BCUT2D eigenvalue weighted by atomic mass is 127. The Balaban J connectivity index is 0.00000320. The molecule has 168 valence electrons. The standard InChI is InChI=1S/C20H33N7OS.HI/c1-2-19-25-24-17-27(19)11-9-23-20(22-8-6-18-5-3-16-29-18)21-7-4-10-26-12-14-28-15-13-26;/h3,5,16-17H,2,4,6-15H2,1H3,(H2,21,22,23);1H. The van der Waals surface area contributed by atoms with Gasteiger partial charge in [0.15, 0.2) is 5.96 Å². The largest absolute Gasteiger partial charge is 0.379 e. The zero-order valence-electron chi connectivity index (χ0n) is 17.8. The topological polar surface area (TPSA) is 79.6 Å². The van der Waals surface area contributed by atoms with Crippen molar-refractivity contribution in [3.8, 4) is 0 Å². The average Bonchev–Trinajstić information content (AvgIpc) is 3.43. The van der Waals surface area contributed by atoms with Crippen molar-refractivity contribution in [2.45, 2.75) is 32.7 Å². The molecule has 0 atom stereocenters. The number of aliphatic imine (C=N–C) groups is 1. The quantitative estimate of drug-likeness (QED) is 0.194. The van der Waals surface area contributed by atoms with Crippen LogP contribution in [-0.4, -0.2) is 78.1 Å². The highest BCUT2D eigenvalue weighted by molar-refractivity contribution is 14.0. The van der Waals surface area contributed by atoms with Crippen LogP contribution >= 0.6 is 35.3 Å². The van der Waals surface area contributed by atoms with E-state index in [1.165, 1.54) is 4.88 Å². The molecule has 0 amide bonds. The van der Waals surface area contributed by atoms with Crippen molar-refractivity contribution in [3.63, 3.8) is 0 Å². The molecule has 2 aromatic rings. The first-order valence-electron chi connectivity index (χ1n) is 10.6. The van der Waals surface area contributed by atoms with Crippen molar-refractivity contribution < 1.29 is 4.74 Å². The minimum atomic E-state index is 0. The van der Waals surface area contributed by atoms with Crippen LogP contribution in [0.2, 0.25) is 0 Å². The maximum atomic E-state index is 5.41. The molecule has 1 fully saturated rings. The normalized spacial score (nSPS) is 15.0. The molecular formula is C20H34IN7OS. The summed E-state index contributed by atoms with van der Waals surface area (Å²) in [4.78, 5) is 8.63. The first kappa shape index (κ1) is 25.0. The summed E-state index contributed by atoms with van der Waals surface area (Å²) in [7, 11) is 0. The van der Waals surface area contributed by atoms with Gasteiger partial charge in [-0.2, -0.15) is 0 Å². The molecular weight excluding hydrogens is 513 g/mol. The van der Waals surface area contributed by atoms with Crippen molar-refractivity contribution in [1.82, 2.24) is 30.3 Å². The van der Waals surface area contributed by atoms with Gasteiger partial charge in [-0.3, -0.25) is 9.89 Å². The predicted molar refractivity (Wildman–Crippen MR) is 133 cm³/mol. The van der Waals surface area contributed by atoms with E-state index in [0.717, 1.165) is 90.1 Å². The molecule has 1 saturated heterocycles. The number of aryl methyl sites for hydroxylation is 1. The third-order valence-corrected chi connectivity index (χ3v) is 5.84. The van der Waals surface area contributed by atoms with E-state index in [1.807, 2.05) is 0 Å². The van der Waals surface area contributed by atoms with Gasteiger partial charge >= 0.3 is 0 Å². The molecule has 1 aliphatic heterocycles. The van der Waals surface area contributed by atoms with Gasteiger partial charge < -0.3 is 19.9 Å². The second-order valence-electron chi connectivity index (χ2n) is 7.01. The van der Waals surface area contributed by atoms with Crippen LogP contribution in [0.5, 0.6) is 0 Å². The summed E-state index contributed by atoms with van der Waals surface area (Å²) < 4.78 is 7.50. The van der Waals surface area contributed by atoms with Crippen LogP contribution in [0.25, 0.3) is 0 Å². The number of morpholine rings is 1. The third-order valence-electron chi connectivity index (χ3n) is 4.91. The van der Waals surface area contributed by atoms with Gasteiger partial charge in [-0.25, -0.2) is 0 Å². The molecule has 3 heterocycles. The van der Waals surface area contributed by atoms with Crippen molar-refractivity contribution >= 4 is 41.3 Å². The number of ether oxygens (including phenoxy) is 1. The van der Waals surface area contributed by atoms with E-state index < -0.39 is 0 Å². The fraction of sp³-hybridized carbons (Fsp3) is 0.650. The summed E-state index contributed by atoms with van der Waals surface area (Å²) in [6, 6.07) is 4.28. The van der Waals surface area contributed by atoms with Crippen LogP contribution in [0.15, 0.2) is 28.8 Å². The van der Waals surface area contributed by atoms with Gasteiger partial charge in [0.25, 0.3) is 0 Å². The molecule has 0 aliphatic carbocycles. The molecule has 0 aromatic carbocycles. The lowest BCUT2D eigenvalue weighted by atomic mass is 10.3. The molecule has 2 aromatic heterocycles. The van der Waals surface area contributed by atoms with Gasteiger partial charge in [-0.1, -0.05) is 13.0 Å². The second-order valence-corrected chi connectivity index (χ2v) is 8.05. The Hall–Kier alpha value is -1.24. The molecule has 3 rings (SSSR count). The Morgan fingerprint density at radius 3 is 2.83 bits per heavy atom. The smallest absolute Gasteiger partial charge is 0.191 e. The van der Waals surface area contributed by atoms with Crippen molar-refractivity contribution in [3.05, 3.63) is 34.5 Å². The van der Waals surface area contributed by atoms with Crippen molar-refractivity contribution in [1.29, 1.82) is 0 Å². The Kier molecular flexibility index (Phi) is 12.3. The number of thiophene rings is 1. The number of hydrogen-bond donors (Lipinski definition) is 2. The summed E-state index contributed by atoms with van der Waals surface area (Å²) in [5.41, 5.74) is 0. The number of guanidine groups is 1. The second kappa shape index (κ2) is 14.7. The van der Waals surface area contributed by atoms with Crippen LogP contribution in [0.3, 0.4) is 0 Å². The molecule has 8 nitrogen and oxygen atoms in total. The molecule has 10 heteroatoms. The molecule has 0 spiro atoms. The van der Waals surface area contributed by atoms with Gasteiger partial charge in [-0.15, -0.1) is 45.5 Å². The van der Waals surface area contributed by atoms with E-state index in [0.29, 0.717) is 0 Å². The summed E-state index contributed by atoms with van der Waals surface area (Å²) >= 11 is 1.80. The first-order chi connectivity index (χ1) is 14.3. The Morgan fingerprint density at radius 2 is 2.07 bits per heavy atom. The zero-order valence-corrected chi connectivity index (χ0v) is 20.9. The summed E-state index contributed by atoms with van der Waals surface area (Å²) in [6.45, 7) is 10.3. The van der Waals surface area contributed by atoms with E-state index in [-0.39, 0.29) is 24.0 Å². The molecule has 0 bridgehead atoms. The van der Waals surface area contributed by atoms with E-state index >= 15 is 0 Å². The maximum Gasteiger partial charge on any atom is 0.191 e. The lowest BCUT2D eigenvalue weighted by molar-refractivity contribution is 0.0377. The van der Waals surface area contributed by atoms with Gasteiger partial charge in [0.05, 0.1) is 13.2 Å². The Bertz CT molecular complexity index is 717. The van der Waals surface area contributed by atoms with E-state index in [1.54, 1.807) is 17.7 Å². The fourth-order valence-corrected chi connectivity index (χ4v) is 3.99. The number of nitrogens with zero attached hydrogens (tertiary/aromatic N) is 5. The van der Waals surface area contributed by atoms with Gasteiger partial charge in [0.1, 0.15) is 12.2 Å². The van der Waals surface area contributed by atoms with Crippen molar-refractivity contribution in [2.24, 2.45) is 4.99 Å². The third kappa shape index (κ3) is 8.86. The number of halogens is 1. The van der Waals surface area contributed by atoms with Crippen LogP contribution in [-0.2, 0) is 24.1 Å². The molecule has 0 radical (unpaired) electrons. The number of nitrogens with one attached hydrogen (secondary N) is 2. The minimum absolute atomic E-state index is 0. The Labute approximate surface area is 200 Å². The van der Waals surface area contributed by atoms with E-state index in [9.17, 15) is 0 Å². The zero-order chi connectivity index (χ0) is 20.2. The lowest BCUT2D eigenvalue weighted by Crippen LogP contribution is -2.40. The van der Waals surface area contributed by atoms with E-state index in [2.05, 4.69) is 54.7 Å². The van der Waals surface area contributed by atoms with Crippen molar-refractivity contribution in [2.75, 3.05) is 52.5 Å². The highest BCUT2D eigenvalue weighted by Gasteiger charge is 2.09. The number of rotatable bonds is 11. The fourth-order valence-electron chi connectivity index (χ4n) is 3.28. The van der Waals surface area contributed by atoms with Crippen LogP contribution in [0, 0.1) is 0 Å². The SMILES string of the molecule is CCc1nncn1CCNC(=NCCCN1CCOCC1)NCCc1cccs1.I. The first-order valence-corrected chi connectivity index (χ1v) is 11.4. The lowest BCUT2D eigenvalue weighted by Gasteiger charge is -2.26. The summed E-state index contributed by atoms with van der Waals surface area (Å²) in [6.07, 6.45) is 4.76. The monoisotopic (exact) mass is 547 g/mol. The Morgan fingerprint density at radius 1 is 1.23 bits per heavy atom. The van der Waals surface area contributed by atoms with Gasteiger partial charge in [0.2, 0.25) is 0 Å². The van der Waals surface area contributed by atoms with E-state index in [4.69, 9.17) is 9.73 Å². The molecule has 0 unspecified atom stereocenters. The van der Waals surface area contributed by atoms with Crippen LogP contribution in [0.4, 0.5) is 0 Å². The molecule has 0 saturated carbocycles.